The van der Waals surface area contributed by atoms with Gasteiger partial charge in [-0.15, -0.1) is 8.78 Å². The lowest BCUT2D eigenvalue weighted by atomic mass is 9.84. The Bertz CT molecular complexity index is 1450. The number of hydrogen-bond acceptors (Lipinski definition) is 7. The molecule has 13 heteroatoms. The summed E-state index contributed by atoms with van der Waals surface area (Å²) in [5.41, 5.74) is 0.742. The van der Waals surface area contributed by atoms with Crippen LogP contribution < -0.4 is 30.7 Å². The van der Waals surface area contributed by atoms with E-state index < -0.39 is 47.8 Å². The lowest BCUT2D eigenvalue weighted by Gasteiger charge is -2.29. The van der Waals surface area contributed by atoms with Crippen molar-refractivity contribution in [3.05, 3.63) is 59.7 Å². The zero-order chi connectivity index (χ0) is 32.7. The average Bonchev–Trinajstić information content (AvgIpc) is 3.37. The monoisotopic (exact) mass is 640 g/mol. The van der Waals surface area contributed by atoms with Crippen molar-refractivity contribution in [1.82, 2.24) is 21.3 Å². The van der Waals surface area contributed by atoms with E-state index >= 15 is 0 Å². The van der Waals surface area contributed by atoms with Gasteiger partial charge in [-0.05, 0) is 55.4 Å². The Morgan fingerprint density at radius 2 is 1.61 bits per heavy atom. The number of piperidine rings is 1. The van der Waals surface area contributed by atoms with E-state index in [0.717, 1.165) is 43.7 Å². The maximum absolute atomic E-state index is 13.8. The molecule has 0 radical (unpaired) electrons. The van der Waals surface area contributed by atoms with Gasteiger partial charge in [0.15, 0.2) is 11.5 Å². The summed E-state index contributed by atoms with van der Waals surface area (Å²) in [5.74, 6) is -4.48. The van der Waals surface area contributed by atoms with Gasteiger partial charge in [0.2, 0.25) is 17.6 Å². The van der Waals surface area contributed by atoms with E-state index in [0.29, 0.717) is 19.4 Å². The summed E-state index contributed by atoms with van der Waals surface area (Å²) in [6.07, 6.45) is 2.23. The van der Waals surface area contributed by atoms with Crippen LogP contribution in [0.15, 0.2) is 48.5 Å². The molecule has 2 fully saturated rings. The van der Waals surface area contributed by atoms with Gasteiger partial charge >= 0.3 is 6.29 Å². The van der Waals surface area contributed by atoms with E-state index in [4.69, 9.17) is 0 Å². The molecule has 1 saturated heterocycles. The van der Waals surface area contributed by atoms with Gasteiger partial charge in [0.25, 0.3) is 11.8 Å². The van der Waals surface area contributed by atoms with Crippen LogP contribution >= 0.6 is 0 Å². The van der Waals surface area contributed by atoms with Crippen molar-refractivity contribution in [2.75, 3.05) is 6.54 Å². The number of Topliss-reactive ketones (excluding diaryl/α,β-unsaturated/α-hetero) is 1. The second-order valence-electron chi connectivity index (χ2n) is 12.1. The Kier molecular flexibility index (Phi) is 10.5. The molecule has 2 aromatic carbocycles. The van der Waals surface area contributed by atoms with Gasteiger partial charge in [-0.2, -0.15) is 0 Å². The Morgan fingerprint density at radius 1 is 0.870 bits per heavy atom. The predicted molar refractivity (Wildman–Crippen MR) is 161 cm³/mol. The number of fused-ring (bicyclic) bond motifs is 1. The molecule has 1 unspecified atom stereocenters. The number of hydrogen-bond donors (Lipinski definition) is 4. The van der Waals surface area contributed by atoms with Crippen LogP contribution in [0.25, 0.3) is 0 Å². The highest BCUT2D eigenvalue weighted by molar-refractivity contribution is 6.38. The van der Waals surface area contributed by atoms with Gasteiger partial charge in [-0.3, -0.25) is 24.0 Å². The number of benzene rings is 2. The highest BCUT2D eigenvalue weighted by Crippen LogP contribution is 2.41. The minimum Gasteiger partial charge on any atom is -0.395 e. The highest BCUT2D eigenvalue weighted by Gasteiger charge is 2.44. The van der Waals surface area contributed by atoms with Crippen LogP contribution in [0.5, 0.6) is 11.5 Å². The Morgan fingerprint density at radius 3 is 2.35 bits per heavy atom. The van der Waals surface area contributed by atoms with E-state index in [1.165, 1.54) is 12.1 Å². The molecule has 0 aromatic heterocycles. The molecule has 1 saturated carbocycles. The second kappa shape index (κ2) is 14.7. The standard InChI is InChI=1S/C33H38F2N4O7/c34-33(35)45-26-14-13-23(18-27(26)46-33)30(42)39-25(16-20-8-3-1-4-9-20)31(43)38-24(17-22-12-7-15-36-29(22)41)28(40)32(44)37-19-21-10-5-2-6-11-21/h2,5-6,10-11,13-14,18,20,22,24-25H,1,3-4,7-9,12,15-17,19H2,(H,36,41)(H,37,44)(H,38,43)(H,39,42)/t22-,24?,25-/m0/s1. The SMILES string of the molecule is O=C(NCc1ccccc1)C(=O)C(C[C@@H]1CCCNC1=O)NC(=O)[C@H](CC1CCCCC1)NC(=O)c1ccc2c(c1)OC(F)(F)O2. The Labute approximate surface area is 265 Å². The molecular weight excluding hydrogens is 602 g/mol. The van der Waals surface area contributed by atoms with Crippen LogP contribution in [0.4, 0.5) is 8.78 Å². The summed E-state index contributed by atoms with van der Waals surface area (Å²) in [6.45, 7) is 0.600. The third kappa shape index (κ3) is 8.58. The molecule has 1 aliphatic carbocycles. The van der Waals surface area contributed by atoms with Gasteiger partial charge in [0, 0.05) is 24.6 Å². The van der Waals surface area contributed by atoms with Crippen LogP contribution in [0.2, 0.25) is 0 Å². The molecule has 11 nitrogen and oxygen atoms in total. The molecule has 0 bridgehead atoms. The molecule has 5 rings (SSSR count). The van der Waals surface area contributed by atoms with E-state index in [9.17, 15) is 32.8 Å². The minimum atomic E-state index is -3.86. The number of rotatable bonds is 12. The van der Waals surface area contributed by atoms with Gasteiger partial charge in [-0.1, -0.05) is 62.4 Å². The van der Waals surface area contributed by atoms with Gasteiger partial charge in [0.1, 0.15) is 6.04 Å². The van der Waals surface area contributed by atoms with E-state index in [2.05, 4.69) is 30.7 Å². The van der Waals surface area contributed by atoms with Crippen LogP contribution in [-0.2, 0) is 25.7 Å². The number of ether oxygens (including phenoxy) is 2. The molecule has 246 valence electrons. The predicted octanol–water partition coefficient (Wildman–Crippen LogP) is 3.36. The maximum Gasteiger partial charge on any atom is 0.586 e. The number of ketones is 1. The van der Waals surface area contributed by atoms with E-state index in [-0.39, 0.29) is 48.3 Å². The second-order valence-corrected chi connectivity index (χ2v) is 12.1. The summed E-state index contributed by atoms with van der Waals surface area (Å²) >= 11 is 0. The fourth-order valence-corrected chi connectivity index (χ4v) is 6.19. The Hall–Kier alpha value is -4.55. The highest BCUT2D eigenvalue weighted by atomic mass is 19.3. The molecule has 0 spiro atoms. The molecular formula is C33H38F2N4O7. The molecule has 3 aliphatic rings. The quantitative estimate of drug-likeness (QED) is 0.260. The van der Waals surface area contributed by atoms with E-state index in [1.54, 1.807) is 24.3 Å². The van der Waals surface area contributed by atoms with Gasteiger partial charge < -0.3 is 30.7 Å². The third-order valence-corrected chi connectivity index (χ3v) is 8.65. The lowest BCUT2D eigenvalue weighted by molar-refractivity contribution is -0.286. The molecule has 3 atom stereocenters. The first kappa shape index (κ1) is 32.8. The topological polar surface area (TPSA) is 152 Å². The molecule has 46 heavy (non-hydrogen) atoms. The largest absolute Gasteiger partial charge is 0.586 e. The van der Waals surface area contributed by atoms with Crippen molar-refractivity contribution in [2.24, 2.45) is 11.8 Å². The van der Waals surface area contributed by atoms with Gasteiger partial charge in [0.05, 0.1) is 6.04 Å². The number of nitrogens with one attached hydrogen (secondary N) is 4. The van der Waals surface area contributed by atoms with E-state index in [1.807, 2.05) is 6.07 Å². The normalized spacial score (nSPS) is 20.1. The fraction of sp³-hybridized carbons (Fsp3) is 0.485. The van der Waals surface area contributed by atoms with Crippen LogP contribution in [-0.4, -0.2) is 54.3 Å². The molecule has 4 amide bonds. The molecule has 4 N–H and O–H groups in total. The zero-order valence-electron chi connectivity index (χ0n) is 25.3. The summed E-state index contributed by atoms with van der Waals surface area (Å²) in [6, 6.07) is 10.1. The van der Waals surface area contributed by atoms with Crippen molar-refractivity contribution in [1.29, 1.82) is 0 Å². The molecule has 2 aromatic rings. The summed E-state index contributed by atoms with van der Waals surface area (Å²) < 4.78 is 35.9. The van der Waals surface area contributed by atoms with Crippen LogP contribution in [0.3, 0.4) is 0 Å². The molecule has 2 heterocycles. The molecule has 2 aliphatic heterocycles. The first-order valence-corrected chi connectivity index (χ1v) is 15.7. The minimum absolute atomic E-state index is 0.0340. The Balaban J connectivity index is 1.32. The average molecular weight is 641 g/mol. The summed E-state index contributed by atoms with van der Waals surface area (Å²) in [5, 5.41) is 10.7. The van der Waals surface area contributed by atoms with Gasteiger partial charge in [-0.25, -0.2) is 0 Å². The number of carbonyl (C=O) groups excluding carboxylic acids is 5. The third-order valence-electron chi connectivity index (χ3n) is 8.65. The lowest BCUT2D eigenvalue weighted by Crippen LogP contribution is -2.55. The van der Waals surface area contributed by atoms with Crippen molar-refractivity contribution in [2.45, 2.75) is 82.7 Å². The van der Waals surface area contributed by atoms with Crippen molar-refractivity contribution >= 4 is 29.4 Å². The number of amides is 4. The maximum atomic E-state index is 13.8. The number of alkyl halides is 2. The summed E-state index contributed by atoms with van der Waals surface area (Å²) in [7, 11) is 0. The first-order valence-electron chi connectivity index (χ1n) is 15.7. The first-order chi connectivity index (χ1) is 22.1. The summed E-state index contributed by atoms with van der Waals surface area (Å²) in [4.78, 5) is 66.2. The number of carbonyl (C=O) groups is 5. The van der Waals surface area contributed by atoms with Crippen LogP contribution in [0.1, 0.15) is 73.7 Å². The smallest absolute Gasteiger partial charge is 0.395 e. The van der Waals surface area contributed by atoms with Crippen molar-refractivity contribution in [3.8, 4) is 11.5 Å². The number of halogens is 2. The van der Waals surface area contributed by atoms with Crippen molar-refractivity contribution < 1.29 is 42.2 Å². The zero-order valence-corrected chi connectivity index (χ0v) is 25.3. The van der Waals surface area contributed by atoms with Crippen LogP contribution in [0, 0.1) is 11.8 Å². The fourth-order valence-electron chi connectivity index (χ4n) is 6.19. The van der Waals surface area contributed by atoms with Crippen molar-refractivity contribution in [3.63, 3.8) is 0 Å².